The lowest BCUT2D eigenvalue weighted by Gasteiger charge is -2.20. The second-order valence-electron chi connectivity index (χ2n) is 7.02. The van der Waals surface area contributed by atoms with Crippen molar-refractivity contribution in [2.45, 2.75) is 20.0 Å². The van der Waals surface area contributed by atoms with Crippen LogP contribution in [0.25, 0.3) is 10.9 Å². The van der Waals surface area contributed by atoms with E-state index in [0.717, 1.165) is 22.0 Å². The highest BCUT2D eigenvalue weighted by Crippen LogP contribution is 2.24. The second-order valence-corrected chi connectivity index (χ2v) is 7.02. The van der Waals surface area contributed by atoms with Crippen molar-refractivity contribution >= 4 is 22.8 Å². The molecule has 1 N–H and O–H groups in total. The molecule has 0 saturated heterocycles. The highest BCUT2D eigenvalue weighted by molar-refractivity contribution is 5.98. The Kier molecular flexibility index (Phi) is 6.24. The standard InChI is InChI=1S/C23H25N3O3/c1-15-18-7-5-6-8-19(18)25-20(21(15)23(28)29-4)14-26(3)13-16-9-11-17(12-10-16)22(27)24-2/h5-12H,13-14H2,1-4H3,(H,24,27). The van der Waals surface area contributed by atoms with E-state index >= 15 is 0 Å². The summed E-state index contributed by atoms with van der Waals surface area (Å²) in [5, 5.41) is 3.56. The molecule has 0 aliphatic heterocycles. The van der Waals surface area contributed by atoms with Crippen LogP contribution in [0, 0.1) is 6.92 Å². The monoisotopic (exact) mass is 391 g/mol. The van der Waals surface area contributed by atoms with E-state index in [9.17, 15) is 9.59 Å². The number of nitrogens with zero attached hydrogens (tertiary/aromatic N) is 2. The lowest BCUT2D eigenvalue weighted by atomic mass is 10.0. The number of ether oxygens (including phenoxy) is 1. The number of aryl methyl sites for hydroxylation is 1. The Balaban J connectivity index is 1.86. The smallest absolute Gasteiger partial charge is 0.340 e. The fourth-order valence-corrected chi connectivity index (χ4v) is 3.46. The van der Waals surface area contributed by atoms with Crippen molar-refractivity contribution in [1.29, 1.82) is 0 Å². The van der Waals surface area contributed by atoms with Gasteiger partial charge in [-0.3, -0.25) is 14.7 Å². The third-order valence-electron chi connectivity index (χ3n) is 4.93. The topological polar surface area (TPSA) is 71.5 Å². The highest BCUT2D eigenvalue weighted by atomic mass is 16.5. The van der Waals surface area contributed by atoms with Crippen molar-refractivity contribution in [3.05, 3.63) is 76.5 Å². The van der Waals surface area contributed by atoms with Gasteiger partial charge in [0.05, 0.1) is 23.9 Å². The summed E-state index contributed by atoms with van der Waals surface area (Å²) in [5.41, 5.74) is 4.64. The molecule has 1 aromatic heterocycles. The van der Waals surface area contributed by atoms with Crippen LogP contribution >= 0.6 is 0 Å². The number of esters is 1. The predicted molar refractivity (Wildman–Crippen MR) is 113 cm³/mol. The van der Waals surface area contributed by atoms with Crippen LogP contribution in [0.2, 0.25) is 0 Å². The second kappa shape index (κ2) is 8.84. The summed E-state index contributed by atoms with van der Waals surface area (Å²) >= 11 is 0. The third-order valence-corrected chi connectivity index (χ3v) is 4.93. The average Bonchev–Trinajstić information content (AvgIpc) is 2.73. The number of nitrogens with one attached hydrogen (secondary N) is 1. The van der Waals surface area contributed by atoms with Gasteiger partial charge in [-0.1, -0.05) is 30.3 Å². The van der Waals surface area contributed by atoms with Gasteiger partial charge in [0.2, 0.25) is 0 Å². The molecule has 150 valence electrons. The van der Waals surface area contributed by atoms with Gasteiger partial charge in [-0.15, -0.1) is 0 Å². The van der Waals surface area contributed by atoms with Gasteiger partial charge in [0.25, 0.3) is 5.91 Å². The van der Waals surface area contributed by atoms with Crippen molar-refractivity contribution < 1.29 is 14.3 Å². The molecule has 3 rings (SSSR count). The minimum atomic E-state index is -0.376. The normalized spacial score (nSPS) is 10.9. The van der Waals surface area contributed by atoms with Gasteiger partial charge in [0.1, 0.15) is 0 Å². The zero-order valence-corrected chi connectivity index (χ0v) is 17.2. The molecular weight excluding hydrogens is 366 g/mol. The molecule has 6 nitrogen and oxygen atoms in total. The van der Waals surface area contributed by atoms with E-state index in [1.54, 1.807) is 19.2 Å². The van der Waals surface area contributed by atoms with Crippen LogP contribution in [0.3, 0.4) is 0 Å². The molecule has 1 amide bonds. The molecule has 0 fully saturated rings. The summed E-state index contributed by atoms with van der Waals surface area (Å²) in [6, 6.07) is 15.3. The van der Waals surface area contributed by atoms with Gasteiger partial charge in [-0.25, -0.2) is 4.79 Å². The largest absolute Gasteiger partial charge is 0.465 e. The van der Waals surface area contributed by atoms with Crippen molar-refractivity contribution in [2.75, 3.05) is 21.2 Å². The Hall–Kier alpha value is -3.25. The SMILES string of the molecule is CNC(=O)c1ccc(CN(C)Cc2nc3ccccc3c(C)c2C(=O)OC)cc1. The first-order valence-corrected chi connectivity index (χ1v) is 9.40. The third kappa shape index (κ3) is 4.43. The Labute approximate surface area is 170 Å². The van der Waals surface area contributed by atoms with Crippen LogP contribution in [-0.4, -0.2) is 43.0 Å². The van der Waals surface area contributed by atoms with Crippen LogP contribution in [0.5, 0.6) is 0 Å². The maximum Gasteiger partial charge on any atom is 0.340 e. The fourth-order valence-electron chi connectivity index (χ4n) is 3.46. The first kappa shape index (κ1) is 20.5. The molecule has 6 heteroatoms. The summed E-state index contributed by atoms with van der Waals surface area (Å²) in [7, 11) is 4.97. The molecule has 0 spiro atoms. The molecule has 3 aromatic rings. The Morgan fingerprint density at radius 2 is 1.76 bits per heavy atom. The number of hydrogen-bond acceptors (Lipinski definition) is 5. The number of methoxy groups -OCH3 is 1. The lowest BCUT2D eigenvalue weighted by molar-refractivity contribution is 0.0597. The number of aromatic nitrogens is 1. The summed E-state index contributed by atoms with van der Waals surface area (Å²) in [4.78, 5) is 31.0. The minimum absolute atomic E-state index is 0.108. The highest BCUT2D eigenvalue weighted by Gasteiger charge is 2.20. The van der Waals surface area contributed by atoms with E-state index in [1.165, 1.54) is 7.11 Å². The molecule has 0 saturated carbocycles. The van der Waals surface area contributed by atoms with Crippen LogP contribution < -0.4 is 5.32 Å². The number of para-hydroxylation sites is 1. The van der Waals surface area contributed by atoms with E-state index < -0.39 is 0 Å². The molecule has 0 aliphatic carbocycles. The summed E-state index contributed by atoms with van der Waals surface area (Å²) in [6.45, 7) is 3.08. The summed E-state index contributed by atoms with van der Waals surface area (Å²) in [5.74, 6) is -0.484. The maximum atomic E-state index is 12.4. The predicted octanol–water partition coefficient (Wildman–Crippen LogP) is 3.32. The van der Waals surface area contributed by atoms with Gasteiger partial charge in [0, 0.05) is 31.1 Å². The number of carbonyl (C=O) groups excluding carboxylic acids is 2. The minimum Gasteiger partial charge on any atom is -0.465 e. The fraction of sp³-hybridized carbons (Fsp3) is 0.261. The van der Waals surface area contributed by atoms with E-state index in [4.69, 9.17) is 9.72 Å². The first-order valence-electron chi connectivity index (χ1n) is 9.40. The molecular formula is C23H25N3O3. The number of carbonyl (C=O) groups is 2. The van der Waals surface area contributed by atoms with Gasteiger partial charge in [0.15, 0.2) is 0 Å². The molecule has 0 unspecified atom stereocenters. The first-order chi connectivity index (χ1) is 13.9. The molecule has 0 aliphatic rings. The van der Waals surface area contributed by atoms with E-state index in [1.807, 2.05) is 50.4 Å². The summed E-state index contributed by atoms with van der Waals surface area (Å²) in [6.07, 6.45) is 0. The number of rotatable bonds is 6. The van der Waals surface area contributed by atoms with Crippen molar-refractivity contribution in [2.24, 2.45) is 0 Å². The van der Waals surface area contributed by atoms with E-state index in [0.29, 0.717) is 29.9 Å². The number of benzene rings is 2. The molecule has 0 atom stereocenters. The van der Waals surface area contributed by atoms with Crippen molar-refractivity contribution in [3.8, 4) is 0 Å². The van der Waals surface area contributed by atoms with Crippen LogP contribution in [0.15, 0.2) is 48.5 Å². The number of pyridine rings is 1. The quantitative estimate of drug-likeness (QED) is 0.653. The lowest BCUT2D eigenvalue weighted by Crippen LogP contribution is -2.22. The molecule has 0 bridgehead atoms. The van der Waals surface area contributed by atoms with Crippen LogP contribution in [0.4, 0.5) is 0 Å². The van der Waals surface area contributed by atoms with E-state index in [2.05, 4.69) is 10.2 Å². The van der Waals surface area contributed by atoms with Crippen LogP contribution in [-0.2, 0) is 17.8 Å². The molecule has 1 heterocycles. The maximum absolute atomic E-state index is 12.4. The zero-order valence-electron chi connectivity index (χ0n) is 17.2. The molecule has 0 radical (unpaired) electrons. The number of hydrogen-bond donors (Lipinski definition) is 1. The zero-order chi connectivity index (χ0) is 21.0. The molecule has 2 aromatic carbocycles. The number of fused-ring (bicyclic) bond motifs is 1. The Morgan fingerprint density at radius 3 is 2.41 bits per heavy atom. The van der Waals surface area contributed by atoms with E-state index in [-0.39, 0.29) is 11.9 Å². The van der Waals surface area contributed by atoms with Gasteiger partial charge < -0.3 is 10.1 Å². The van der Waals surface area contributed by atoms with Crippen molar-refractivity contribution in [3.63, 3.8) is 0 Å². The Morgan fingerprint density at radius 1 is 1.07 bits per heavy atom. The van der Waals surface area contributed by atoms with Crippen molar-refractivity contribution in [1.82, 2.24) is 15.2 Å². The van der Waals surface area contributed by atoms with Crippen LogP contribution in [0.1, 0.15) is 37.5 Å². The van der Waals surface area contributed by atoms with Gasteiger partial charge in [-0.2, -0.15) is 0 Å². The van der Waals surface area contributed by atoms with Gasteiger partial charge in [-0.05, 0) is 43.3 Å². The van der Waals surface area contributed by atoms with Gasteiger partial charge >= 0.3 is 5.97 Å². The average molecular weight is 391 g/mol. The summed E-state index contributed by atoms with van der Waals surface area (Å²) < 4.78 is 5.02. The Bertz CT molecular complexity index is 1050. The molecule has 29 heavy (non-hydrogen) atoms. The number of amides is 1.